The molecule has 0 bridgehead atoms. The van der Waals surface area contributed by atoms with Crippen LogP contribution >= 0.6 is 0 Å². The Morgan fingerprint density at radius 1 is 1.33 bits per heavy atom. The van der Waals surface area contributed by atoms with E-state index in [1.807, 2.05) is 0 Å². The van der Waals surface area contributed by atoms with Crippen molar-refractivity contribution in [3.05, 3.63) is 0 Å². The van der Waals surface area contributed by atoms with E-state index < -0.39 is 0 Å². The second-order valence-electron chi connectivity index (χ2n) is 6.28. The van der Waals surface area contributed by atoms with Gasteiger partial charge in [0.25, 0.3) is 0 Å². The summed E-state index contributed by atoms with van der Waals surface area (Å²) in [6, 6.07) is 0.330. The summed E-state index contributed by atoms with van der Waals surface area (Å²) in [7, 11) is 0. The average Bonchev–Trinajstić information content (AvgIpc) is 2.60. The van der Waals surface area contributed by atoms with Crippen LogP contribution < -0.4 is 11.1 Å². The van der Waals surface area contributed by atoms with Gasteiger partial charge in [-0.05, 0) is 38.0 Å². The Bertz CT molecular complexity index is 235. The highest BCUT2D eigenvalue weighted by Crippen LogP contribution is 2.32. The highest BCUT2D eigenvalue weighted by Gasteiger charge is 2.33. The minimum atomic E-state index is 0.104. The molecular formula is C15H32N2O. The molecule has 4 atom stereocenters. The Labute approximate surface area is 113 Å². The number of aliphatic hydroxyl groups excluding tert-OH is 1. The van der Waals surface area contributed by atoms with Gasteiger partial charge in [0, 0.05) is 24.7 Å². The molecule has 1 saturated carbocycles. The Balaban J connectivity index is 2.61. The van der Waals surface area contributed by atoms with Gasteiger partial charge in [0.1, 0.15) is 0 Å². The van der Waals surface area contributed by atoms with Crippen LogP contribution in [0.2, 0.25) is 0 Å². The largest absolute Gasteiger partial charge is 0.396 e. The van der Waals surface area contributed by atoms with E-state index >= 15 is 0 Å². The van der Waals surface area contributed by atoms with Crippen molar-refractivity contribution in [2.24, 2.45) is 17.6 Å². The molecule has 4 N–H and O–H groups in total. The molecule has 1 aliphatic carbocycles. The van der Waals surface area contributed by atoms with E-state index in [1.165, 1.54) is 38.5 Å². The maximum Gasteiger partial charge on any atom is 0.0471 e. The predicted molar refractivity (Wildman–Crippen MR) is 77.5 cm³/mol. The number of aliphatic hydroxyl groups is 1. The molecule has 1 fully saturated rings. The predicted octanol–water partition coefficient (Wildman–Crippen LogP) is 2.28. The Morgan fingerprint density at radius 2 is 2.06 bits per heavy atom. The summed E-state index contributed by atoms with van der Waals surface area (Å²) in [5.41, 5.74) is 6.16. The van der Waals surface area contributed by atoms with Crippen molar-refractivity contribution in [1.29, 1.82) is 0 Å². The number of nitrogens with one attached hydrogen (secondary N) is 1. The lowest BCUT2D eigenvalue weighted by Crippen LogP contribution is -2.56. The van der Waals surface area contributed by atoms with E-state index in [0.717, 1.165) is 5.92 Å². The van der Waals surface area contributed by atoms with Crippen molar-refractivity contribution < 1.29 is 5.11 Å². The average molecular weight is 256 g/mol. The molecule has 0 saturated heterocycles. The van der Waals surface area contributed by atoms with Crippen molar-refractivity contribution in [2.45, 2.75) is 70.9 Å². The minimum absolute atomic E-state index is 0.104. The minimum Gasteiger partial charge on any atom is -0.396 e. The van der Waals surface area contributed by atoms with Crippen molar-refractivity contribution in [3.8, 4) is 0 Å². The van der Waals surface area contributed by atoms with Crippen LogP contribution in [0.1, 0.15) is 59.3 Å². The molecule has 0 heterocycles. The molecule has 0 radical (unpaired) electrons. The van der Waals surface area contributed by atoms with E-state index in [0.29, 0.717) is 18.5 Å². The van der Waals surface area contributed by atoms with Crippen LogP contribution in [-0.2, 0) is 0 Å². The maximum absolute atomic E-state index is 9.26. The van der Waals surface area contributed by atoms with Gasteiger partial charge in [-0.1, -0.05) is 33.1 Å². The van der Waals surface area contributed by atoms with Crippen molar-refractivity contribution in [1.82, 2.24) is 5.32 Å². The Morgan fingerprint density at radius 3 is 2.61 bits per heavy atom. The summed E-state index contributed by atoms with van der Waals surface area (Å²) in [4.78, 5) is 0. The summed E-state index contributed by atoms with van der Waals surface area (Å²) in [6.07, 6.45) is 7.59. The van der Waals surface area contributed by atoms with E-state index in [2.05, 4.69) is 26.1 Å². The first-order valence-corrected chi connectivity index (χ1v) is 7.65. The molecule has 3 nitrogen and oxygen atoms in total. The van der Waals surface area contributed by atoms with Crippen LogP contribution in [0.5, 0.6) is 0 Å². The number of hydrogen-bond donors (Lipinski definition) is 3. The molecule has 4 unspecified atom stereocenters. The molecule has 0 aromatic heterocycles. The van der Waals surface area contributed by atoms with E-state index in [1.54, 1.807) is 0 Å². The summed E-state index contributed by atoms with van der Waals surface area (Å²) in [5, 5.41) is 13.0. The van der Waals surface area contributed by atoms with Crippen LogP contribution in [0.15, 0.2) is 0 Å². The number of hydrogen-bond acceptors (Lipinski definition) is 3. The zero-order valence-corrected chi connectivity index (χ0v) is 12.4. The third-order valence-electron chi connectivity index (χ3n) is 4.94. The lowest BCUT2D eigenvalue weighted by molar-refractivity contribution is 0.171. The Kier molecular flexibility index (Phi) is 6.61. The fraction of sp³-hybridized carbons (Fsp3) is 1.00. The molecule has 1 aliphatic rings. The van der Waals surface area contributed by atoms with E-state index in [4.69, 9.17) is 5.73 Å². The molecule has 0 aliphatic heterocycles. The molecule has 0 amide bonds. The molecule has 108 valence electrons. The molecule has 1 rings (SSSR count). The first-order chi connectivity index (χ1) is 8.56. The monoisotopic (exact) mass is 256 g/mol. The maximum atomic E-state index is 9.26. The standard InChI is InChI=1S/C15H32N2O/c1-4-14-6-5-8-15(11-16,9-7-14)17-13(3)12(2)10-18/h12-14,17-18H,4-11,16H2,1-3H3. The van der Waals surface area contributed by atoms with Gasteiger partial charge in [-0.15, -0.1) is 0 Å². The highest BCUT2D eigenvalue weighted by molar-refractivity contribution is 4.94. The zero-order valence-electron chi connectivity index (χ0n) is 12.4. The normalized spacial score (nSPS) is 32.8. The smallest absolute Gasteiger partial charge is 0.0471 e. The Hall–Kier alpha value is -0.120. The second kappa shape index (κ2) is 7.46. The van der Waals surface area contributed by atoms with Gasteiger partial charge in [-0.25, -0.2) is 0 Å². The molecule has 0 aromatic carbocycles. The third kappa shape index (κ3) is 4.22. The van der Waals surface area contributed by atoms with E-state index in [-0.39, 0.29) is 12.1 Å². The topological polar surface area (TPSA) is 58.3 Å². The second-order valence-corrected chi connectivity index (χ2v) is 6.28. The molecule has 3 heteroatoms. The molecule has 18 heavy (non-hydrogen) atoms. The fourth-order valence-electron chi connectivity index (χ4n) is 3.08. The molecule has 0 spiro atoms. The molecular weight excluding hydrogens is 224 g/mol. The number of rotatable bonds is 6. The van der Waals surface area contributed by atoms with Crippen LogP contribution in [0.25, 0.3) is 0 Å². The van der Waals surface area contributed by atoms with Gasteiger partial charge in [0.15, 0.2) is 0 Å². The zero-order chi connectivity index (χ0) is 13.6. The van der Waals surface area contributed by atoms with Crippen molar-refractivity contribution in [3.63, 3.8) is 0 Å². The lowest BCUT2D eigenvalue weighted by atomic mass is 9.87. The molecule has 0 aromatic rings. The van der Waals surface area contributed by atoms with Crippen molar-refractivity contribution >= 4 is 0 Å². The summed E-state index contributed by atoms with van der Waals surface area (Å²) in [5.74, 6) is 1.17. The fourth-order valence-corrected chi connectivity index (χ4v) is 3.08. The lowest BCUT2D eigenvalue weighted by Gasteiger charge is -2.37. The van der Waals surface area contributed by atoms with Gasteiger partial charge in [-0.3, -0.25) is 0 Å². The highest BCUT2D eigenvalue weighted by atomic mass is 16.3. The number of nitrogens with two attached hydrogens (primary N) is 1. The van der Waals surface area contributed by atoms with Crippen LogP contribution in [-0.4, -0.2) is 29.8 Å². The van der Waals surface area contributed by atoms with Gasteiger partial charge < -0.3 is 16.2 Å². The first kappa shape index (κ1) is 15.9. The van der Waals surface area contributed by atoms with Crippen LogP contribution in [0, 0.1) is 11.8 Å². The van der Waals surface area contributed by atoms with Crippen molar-refractivity contribution in [2.75, 3.05) is 13.2 Å². The van der Waals surface area contributed by atoms with Gasteiger partial charge in [0.2, 0.25) is 0 Å². The SMILES string of the molecule is CCC1CCCC(CN)(NC(C)C(C)CO)CC1. The third-order valence-corrected chi connectivity index (χ3v) is 4.94. The quantitative estimate of drug-likeness (QED) is 0.639. The summed E-state index contributed by atoms with van der Waals surface area (Å²) in [6.45, 7) is 7.51. The summed E-state index contributed by atoms with van der Waals surface area (Å²) >= 11 is 0. The van der Waals surface area contributed by atoms with Gasteiger partial charge in [0.05, 0.1) is 0 Å². The van der Waals surface area contributed by atoms with E-state index in [9.17, 15) is 5.11 Å². The van der Waals surface area contributed by atoms with Gasteiger partial charge >= 0.3 is 0 Å². The van der Waals surface area contributed by atoms with Gasteiger partial charge in [-0.2, -0.15) is 0 Å². The first-order valence-electron chi connectivity index (χ1n) is 7.65. The summed E-state index contributed by atoms with van der Waals surface area (Å²) < 4.78 is 0. The van der Waals surface area contributed by atoms with Crippen LogP contribution in [0.3, 0.4) is 0 Å². The van der Waals surface area contributed by atoms with Crippen LogP contribution in [0.4, 0.5) is 0 Å².